The molecule has 0 aromatic heterocycles. The lowest BCUT2D eigenvalue weighted by Crippen LogP contribution is -2.43. The maximum atomic E-state index is 12.4. The van der Waals surface area contributed by atoms with Gasteiger partial charge >= 0.3 is 0 Å². The summed E-state index contributed by atoms with van der Waals surface area (Å²) in [6.45, 7) is 3.50. The number of sulfonamides is 1. The van der Waals surface area contributed by atoms with Gasteiger partial charge in [-0.3, -0.25) is 4.79 Å². The van der Waals surface area contributed by atoms with Crippen molar-refractivity contribution in [1.82, 2.24) is 9.62 Å². The molecule has 1 aliphatic heterocycles. The molecule has 0 spiro atoms. The number of carbonyl (C=O) groups excluding carboxylic acids is 1. The normalized spacial score (nSPS) is 36.2. The predicted molar refractivity (Wildman–Crippen MR) is 96.4 cm³/mol. The number of rotatable bonds is 4. The number of fused-ring (bicyclic) bond motifs is 1. The van der Waals surface area contributed by atoms with E-state index in [0.29, 0.717) is 30.8 Å². The third kappa shape index (κ3) is 4.62. The molecule has 3 aliphatic rings. The second kappa shape index (κ2) is 7.89. The van der Waals surface area contributed by atoms with Crippen LogP contribution in [0.5, 0.6) is 0 Å². The summed E-state index contributed by atoms with van der Waals surface area (Å²) in [5.74, 6) is 0.793. The van der Waals surface area contributed by atoms with Crippen molar-refractivity contribution in [2.45, 2.75) is 57.5 Å². The van der Waals surface area contributed by atoms with Crippen LogP contribution in [0.1, 0.15) is 45.4 Å². The highest BCUT2D eigenvalue weighted by atomic mass is 35.5. The summed E-state index contributed by atoms with van der Waals surface area (Å²) in [6.07, 6.45) is 5.93. The van der Waals surface area contributed by atoms with Gasteiger partial charge < -0.3 is 10.6 Å². The number of nitrogens with two attached hydrogens (primary N) is 1. The van der Waals surface area contributed by atoms with Crippen LogP contribution in [0.15, 0.2) is 0 Å². The monoisotopic (exact) mass is 379 g/mol. The number of amides is 1. The van der Waals surface area contributed by atoms with Crippen LogP contribution in [-0.2, 0) is 14.8 Å². The van der Waals surface area contributed by atoms with Gasteiger partial charge in [-0.05, 0) is 56.3 Å². The Hall–Kier alpha value is -0.370. The van der Waals surface area contributed by atoms with Gasteiger partial charge in [0.05, 0.1) is 0 Å². The highest BCUT2D eigenvalue weighted by Gasteiger charge is 2.43. The van der Waals surface area contributed by atoms with Gasteiger partial charge in [0, 0.05) is 25.2 Å². The first-order valence-electron chi connectivity index (χ1n) is 8.87. The minimum absolute atomic E-state index is 0. The van der Waals surface area contributed by atoms with E-state index in [1.54, 1.807) is 4.90 Å². The molecule has 0 aromatic rings. The van der Waals surface area contributed by atoms with E-state index in [0.717, 1.165) is 38.5 Å². The Balaban J connectivity index is 0.00000208. The molecule has 3 N–H and O–H groups in total. The Kier molecular flexibility index (Phi) is 6.56. The van der Waals surface area contributed by atoms with Gasteiger partial charge in [0.2, 0.25) is 15.9 Å². The number of likely N-dealkylation sites (tertiary alicyclic amines) is 1. The summed E-state index contributed by atoms with van der Waals surface area (Å²) in [5.41, 5.74) is 6.08. The molecule has 1 amide bonds. The molecule has 0 radical (unpaired) electrons. The van der Waals surface area contributed by atoms with Gasteiger partial charge in [-0.1, -0.05) is 6.92 Å². The van der Waals surface area contributed by atoms with Gasteiger partial charge in [-0.15, -0.1) is 12.4 Å². The van der Waals surface area contributed by atoms with Gasteiger partial charge in [0.15, 0.2) is 0 Å². The molecule has 3 fully saturated rings. The van der Waals surface area contributed by atoms with Crippen molar-refractivity contribution in [2.24, 2.45) is 23.5 Å². The number of halogens is 1. The first-order chi connectivity index (χ1) is 10.8. The molecule has 3 atom stereocenters. The molecule has 2 aliphatic carbocycles. The van der Waals surface area contributed by atoms with E-state index in [1.807, 2.05) is 0 Å². The quantitative estimate of drug-likeness (QED) is 0.765. The van der Waals surface area contributed by atoms with Crippen LogP contribution in [0.4, 0.5) is 0 Å². The molecule has 140 valence electrons. The molecule has 1 saturated heterocycles. The Bertz CT molecular complexity index is 549. The maximum Gasteiger partial charge on any atom is 0.239 e. The van der Waals surface area contributed by atoms with Crippen LogP contribution in [0.25, 0.3) is 0 Å². The van der Waals surface area contributed by atoms with Gasteiger partial charge in [0.25, 0.3) is 0 Å². The molecule has 2 saturated carbocycles. The summed E-state index contributed by atoms with van der Waals surface area (Å²) in [5, 5.41) is 0. The fourth-order valence-electron chi connectivity index (χ4n) is 4.44. The maximum absolute atomic E-state index is 12.4. The zero-order valence-electron chi connectivity index (χ0n) is 14.3. The number of carbonyl (C=O) groups is 1. The lowest BCUT2D eigenvalue weighted by molar-refractivity contribution is -0.127. The first-order valence-corrected chi connectivity index (χ1v) is 10.5. The summed E-state index contributed by atoms with van der Waals surface area (Å²) in [6, 6.07) is 0.159. The van der Waals surface area contributed by atoms with E-state index in [1.165, 1.54) is 0 Å². The Morgan fingerprint density at radius 1 is 1.12 bits per heavy atom. The van der Waals surface area contributed by atoms with Crippen molar-refractivity contribution in [1.29, 1.82) is 0 Å². The molecule has 0 aromatic carbocycles. The Morgan fingerprint density at radius 2 is 1.79 bits per heavy atom. The lowest BCUT2D eigenvalue weighted by Gasteiger charge is -2.27. The molecule has 3 rings (SSSR count). The average molecular weight is 380 g/mol. The van der Waals surface area contributed by atoms with Crippen LogP contribution in [-0.4, -0.2) is 50.2 Å². The molecule has 8 heteroatoms. The highest BCUT2D eigenvalue weighted by Crippen LogP contribution is 2.37. The van der Waals surface area contributed by atoms with Crippen LogP contribution in [0.2, 0.25) is 0 Å². The van der Waals surface area contributed by atoms with Crippen molar-refractivity contribution >= 4 is 28.3 Å². The van der Waals surface area contributed by atoms with Crippen molar-refractivity contribution in [3.8, 4) is 0 Å². The zero-order chi connectivity index (χ0) is 16.6. The highest BCUT2D eigenvalue weighted by molar-refractivity contribution is 7.90. The second-order valence-corrected chi connectivity index (χ2v) is 9.55. The second-order valence-electron chi connectivity index (χ2n) is 7.80. The van der Waals surface area contributed by atoms with E-state index in [4.69, 9.17) is 5.73 Å². The standard InChI is InChI=1S/C16H29N3O3S.ClH/c1-11-2-5-13(6-3-11)18-23(21,22)10-16(20)19-8-12-4-7-15(17)14(12)9-19;/h11-15,18H,2-10,17H2,1H3;1H. The summed E-state index contributed by atoms with van der Waals surface area (Å²) in [4.78, 5) is 14.1. The summed E-state index contributed by atoms with van der Waals surface area (Å²) >= 11 is 0. The number of hydrogen-bond donors (Lipinski definition) is 2. The average Bonchev–Trinajstić information content (AvgIpc) is 3.03. The zero-order valence-corrected chi connectivity index (χ0v) is 15.9. The largest absolute Gasteiger partial charge is 0.341 e. The summed E-state index contributed by atoms with van der Waals surface area (Å²) < 4.78 is 27.3. The van der Waals surface area contributed by atoms with Crippen LogP contribution in [0.3, 0.4) is 0 Å². The smallest absolute Gasteiger partial charge is 0.239 e. The number of hydrogen-bond acceptors (Lipinski definition) is 4. The van der Waals surface area contributed by atoms with Crippen molar-refractivity contribution in [2.75, 3.05) is 18.8 Å². The van der Waals surface area contributed by atoms with Gasteiger partial charge in [0.1, 0.15) is 5.75 Å². The molecule has 6 nitrogen and oxygen atoms in total. The van der Waals surface area contributed by atoms with Gasteiger partial charge in [-0.25, -0.2) is 13.1 Å². The van der Waals surface area contributed by atoms with Gasteiger partial charge in [-0.2, -0.15) is 0 Å². The SMILES string of the molecule is CC1CCC(NS(=O)(=O)CC(=O)N2CC3CCC(N)C3C2)CC1.Cl. The fraction of sp³-hybridized carbons (Fsp3) is 0.938. The number of nitrogens with one attached hydrogen (secondary N) is 1. The van der Waals surface area contributed by atoms with E-state index < -0.39 is 15.8 Å². The minimum atomic E-state index is -3.54. The molecule has 24 heavy (non-hydrogen) atoms. The topological polar surface area (TPSA) is 92.5 Å². The van der Waals surface area contributed by atoms with E-state index >= 15 is 0 Å². The molecule has 1 heterocycles. The molecule has 3 unspecified atom stereocenters. The predicted octanol–water partition coefficient (Wildman–Crippen LogP) is 1.10. The molecular formula is C16H30ClN3O3S. The lowest BCUT2D eigenvalue weighted by atomic mass is 9.88. The minimum Gasteiger partial charge on any atom is -0.341 e. The first kappa shape index (κ1) is 19.9. The third-order valence-corrected chi connectivity index (χ3v) is 7.26. The number of nitrogens with zero attached hydrogens (tertiary/aromatic N) is 1. The summed E-state index contributed by atoms with van der Waals surface area (Å²) in [7, 11) is -3.54. The molecular weight excluding hydrogens is 350 g/mol. The Labute approximate surface area is 151 Å². The van der Waals surface area contributed by atoms with E-state index in [2.05, 4.69) is 11.6 Å². The van der Waals surface area contributed by atoms with Crippen molar-refractivity contribution < 1.29 is 13.2 Å². The van der Waals surface area contributed by atoms with Crippen LogP contribution < -0.4 is 10.5 Å². The van der Waals surface area contributed by atoms with Crippen LogP contribution in [0, 0.1) is 17.8 Å². The van der Waals surface area contributed by atoms with Crippen LogP contribution >= 0.6 is 12.4 Å². The fourth-order valence-corrected chi connectivity index (χ4v) is 5.77. The molecule has 0 bridgehead atoms. The Morgan fingerprint density at radius 3 is 2.42 bits per heavy atom. The van der Waals surface area contributed by atoms with Crippen molar-refractivity contribution in [3.63, 3.8) is 0 Å². The van der Waals surface area contributed by atoms with E-state index in [9.17, 15) is 13.2 Å². The van der Waals surface area contributed by atoms with Crippen molar-refractivity contribution in [3.05, 3.63) is 0 Å². The third-order valence-electron chi connectivity index (χ3n) is 5.94. The van der Waals surface area contributed by atoms with E-state index in [-0.39, 0.29) is 30.4 Å².